The summed E-state index contributed by atoms with van der Waals surface area (Å²) in [7, 11) is 0. The van der Waals surface area contributed by atoms with E-state index in [0.29, 0.717) is 16.7 Å². The van der Waals surface area contributed by atoms with Gasteiger partial charge in [0.25, 0.3) is 5.69 Å². The number of hydrogen-bond donors (Lipinski definition) is 3. The zero-order valence-corrected chi connectivity index (χ0v) is 13.5. The van der Waals surface area contributed by atoms with Crippen LogP contribution < -0.4 is 5.32 Å². The Kier molecular flexibility index (Phi) is 4.28. The second-order valence-electron chi connectivity index (χ2n) is 6.01. The number of nitro benzene ring substituents is 1. The van der Waals surface area contributed by atoms with Gasteiger partial charge >= 0.3 is 0 Å². The molecule has 0 saturated carbocycles. The van der Waals surface area contributed by atoms with E-state index < -0.39 is 10.5 Å². The van der Waals surface area contributed by atoms with Crippen LogP contribution in [-0.4, -0.2) is 27.5 Å². The number of furan rings is 1. The van der Waals surface area contributed by atoms with Gasteiger partial charge in [-0.05, 0) is 30.7 Å². The van der Waals surface area contributed by atoms with Gasteiger partial charge in [-0.25, -0.2) is 0 Å². The molecule has 130 valence electrons. The number of rotatable bonds is 6. The minimum absolute atomic E-state index is 0.0121. The van der Waals surface area contributed by atoms with Gasteiger partial charge in [-0.1, -0.05) is 0 Å². The van der Waals surface area contributed by atoms with Crippen LogP contribution in [0.2, 0.25) is 0 Å². The van der Waals surface area contributed by atoms with Crippen molar-refractivity contribution in [3.8, 4) is 0 Å². The van der Waals surface area contributed by atoms with Gasteiger partial charge in [0.15, 0.2) is 0 Å². The van der Waals surface area contributed by atoms with Gasteiger partial charge in [0, 0.05) is 29.2 Å². The predicted molar refractivity (Wildman–Crippen MR) is 89.9 cm³/mol. The lowest BCUT2D eigenvalue weighted by Gasteiger charge is -2.21. The smallest absolute Gasteiger partial charge is 0.270 e. The van der Waals surface area contributed by atoms with Crippen molar-refractivity contribution in [3.63, 3.8) is 0 Å². The summed E-state index contributed by atoms with van der Waals surface area (Å²) in [5, 5.41) is 24.5. The summed E-state index contributed by atoms with van der Waals surface area (Å²) < 4.78 is 5.16. The highest BCUT2D eigenvalue weighted by molar-refractivity contribution is 5.90. The Morgan fingerprint density at radius 1 is 1.44 bits per heavy atom. The first-order chi connectivity index (χ1) is 11.9. The molecule has 0 aliphatic rings. The van der Waals surface area contributed by atoms with Crippen LogP contribution in [0.25, 0.3) is 10.9 Å². The van der Waals surface area contributed by atoms with Crippen LogP contribution in [0.15, 0.2) is 47.2 Å². The number of nitro groups is 1. The quantitative estimate of drug-likeness (QED) is 0.468. The molecular weight excluding hydrogens is 326 g/mol. The topological polar surface area (TPSA) is 121 Å². The molecule has 3 rings (SSSR count). The first kappa shape index (κ1) is 16.7. The van der Waals surface area contributed by atoms with E-state index in [1.165, 1.54) is 18.4 Å². The van der Waals surface area contributed by atoms with E-state index in [9.17, 15) is 20.0 Å². The molecule has 2 aromatic heterocycles. The van der Waals surface area contributed by atoms with Crippen molar-refractivity contribution in [2.45, 2.75) is 18.9 Å². The molecule has 0 radical (unpaired) electrons. The number of nitrogens with zero attached hydrogens (tertiary/aromatic N) is 1. The average Bonchev–Trinajstić information content (AvgIpc) is 3.23. The average molecular weight is 343 g/mol. The van der Waals surface area contributed by atoms with Crippen LogP contribution in [0.3, 0.4) is 0 Å². The fraction of sp³-hybridized carbons (Fsp3) is 0.235. The van der Waals surface area contributed by atoms with Crippen molar-refractivity contribution in [1.29, 1.82) is 0 Å². The second kappa shape index (κ2) is 6.40. The number of non-ortho nitro benzene ring substituents is 1. The van der Waals surface area contributed by atoms with Gasteiger partial charge in [-0.2, -0.15) is 0 Å². The van der Waals surface area contributed by atoms with Crippen LogP contribution in [0, 0.1) is 10.1 Å². The van der Waals surface area contributed by atoms with Gasteiger partial charge in [0.2, 0.25) is 5.91 Å². The minimum Gasteiger partial charge on any atom is -0.466 e. The first-order valence-electron chi connectivity index (χ1n) is 7.64. The van der Waals surface area contributed by atoms with Crippen molar-refractivity contribution < 1.29 is 19.2 Å². The summed E-state index contributed by atoms with van der Waals surface area (Å²) in [4.78, 5) is 25.6. The summed E-state index contributed by atoms with van der Waals surface area (Å²) in [6.45, 7) is 1.53. The van der Waals surface area contributed by atoms with Crippen molar-refractivity contribution in [2.24, 2.45) is 0 Å². The van der Waals surface area contributed by atoms with Crippen LogP contribution >= 0.6 is 0 Å². The first-order valence-corrected chi connectivity index (χ1v) is 7.64. The number of hydrogen-bond acceptors (Lipinski definition) is 5. The largest absolute Gasteiger partial charge is 0.466 e. The molecule has 1 aromatic carbocycles. The van der Waals surface area contributed by atoms with Crippen LogP contribution in [0.5, 0.6) is 0 Å². The maximum absolute atomic E-state index is 12.2. The van der Waals surface area contributed by atoms with Gasteiger partial charge in [0.1, 0.15) is 11.4 Å². The number of aliphatic hydroxyl groups is 1. The SMILES string of the molecule is CC(O)(CNC(=O)Cc1c[nH]c2ccc([N+](=O)[O-])cc12)c1ccco1. The molecule has 25 heavy (non-hydrogen) atoms. The molecule has 8 nitrogen and oxygen atoms in total. The molecule has 8 heteroatoms. The fourth-order valence-corrected chi connectivity index (χ4v) is 2.60. The molecule has 2 heterocycles. The van der Waals surface area contributed by atoms with E-state index in [-0.39, 0.29) is 24.6 Å². The zero-order chi connectivity index (χ0) is 18.0. The molecule has 3 aromatic rings. The van der Waals surface area contributed by atoms with Crippen LogP contribution in [-0.2, 0) is 16.8 Å². The van der Waals surface area contributed by atoms with Crippen LogP contribution in [0.1, 0.15) is 18.2 Å². The van der Waals surface area contributed by atoms with Gasteiger partial charge in [-0.15, -0.1) is 0 Å². The Balaban J connectivity index is 1.70. The molecule has 0 spiro atoms. The third kappa shape index (κ3) is 3.53. The number of fused-ring (bicyclic) bond motifs is 1. The Morgan fingerprint density at radius 2 is 2.24 bits per heavy atom. The summed E-state index contributed by atoms with van der Waals surface area (Å²) in [6, 6.07) is 7.74. The Bertz CT molecular complexity index is 912. The third-order valence-electron chi connectivity index (χ3n) is 3.99. The van der Waals surface area contributed by atoms with Crippen LogP contribution in [0.4, 0.5) is 5.69 Å². The van der Waals surface area contributed by atoms with Crippen molar-refractivity contribution >= 4 is 22.5 Å². The van der Waals surface area contributed by atoms with E-state index >= 15 is 0 Å². The molecular formula is C17H17N3O5. The summed E-state index contributed by atoms with van der Waals surface area (Å²) in [5.41, 5.74) is 0.0114. The second-order valence-corrected chi connectivity index (χ2v) is 6.01. The van der Waals surface area contributed by atoms with Crippen molar-refractivity contribution in [3.05, 3.63) is 64.2 Å². The molecule has 0 aliphatic heterocycles. The van der Waals surface area contributed by atoms with E-state index in [4.69, 9.17) is 4.42 Å². The molecule has 1 unspecified atom stereocenters. The number of aromatic nitrogens is 1. The number of carbonyl (C=O) groups is 1. The zero-order valence-electron chi connectivity index (χ0n) is 13.5. The molecule has 0 bridgehead atoms. The number of benzene rings is 1. The highest BCUT2D eigenvalue weighted by Crippen LogP contribution is 2.24. The third-order valence-corrected chi connectivity index (χ3v) is 3.99. The Labute approximate surface area is 142 Å². The maximum Gasteiger partial charge on any atom is 0.270 e. The van der Waals surface area contributed by atoms with Gasteiger partial charge in [-0.3, -0.25) is 14.9 Å². The normalized spacial score (nSPS) is 13.5. The number of nitrogens with one attached hydrogen (secondary N) is 2. The van der Waals surface area contributed by atoms with E-state index in [0.717, 1.165) is 5.52 Å². The summed E-state index contributed by atoms with van der Waals surface area (Å²) in [6.07, 6.45) is 3.14. The molecule has 0 fully saturated rings. The van der Waals surface area contributed by atoms with Gasteiger partial charge < -0.3 is 19.8 Å². The Hall–Kier alpha value is -3.13. The minimum atomic E-state index is -1.32. The van der Waals surface area contributed by atoms with E-state index in [2.05, 4.69) is 10.3 Å². The monoisotopic (exact) mass is 343 g/mol. The summed E-state index contributed by atoms with van der Waals surface area (Å²) in [5.74, 6) is 0.0507. The molecule has 3 N–H and O–H groups in total. The standard InChI is InChI=1S/C17H17N3O5/c1-17(22,15-3-2-6-25-15)10-19-16(21)7-11-9-18-14-5-4-12(20(23)24)8-13(11)14/h2-6,8-9,18,22H,7,10H2,1H3,(H,19,21). The predicted octanol–water partition coefficient (Wildman–Crippen LogP) is 2.24. The molecule has 1 atom stereocenters. The lowest BCUT2D eigenvalue weighted by atomic mass is 10.0. The lowest BCUT2D eigenvalue weighted by Crippen LogP contribution is -2.39. The van der Waals surface area contributed by atoms with E-state index in [1.54, 1.807) is 31.3 Å². The highest BCUT2D eigenvalue weighted by Gasteiger charge is 2.26. The maximum atomic E-state index is 12.2. The molecule has 0 saturated heterocycles. The van der Waals surface area contributed by atoms with E-state index in [1.807, 2.05) is 0 Å². The molecule has 1 amide bonds. The number of H-pyrrole nitrogens is 1. The number of aromatic amines is 1. The number of amides is 1. The van der Waals surface area contributed by atoms with Crippen molar-refractivity contribution in [2.75, 3.05) is 6.54 Å². The lowest BCUT2D eigenvalue weighted by molar-refractivity contribution is -0.384. The number of carbonyl (C=O) groups excluding carboxylic acids is 1. The molecule has 0 aliphatic carbocycles. The summed E-state index contributed by atoms with van der Waals surface area (Å²) >= 11 is 0. The van der Waals surface area contributed by atoms with Gasteiger partial charge in [0.05, 0.1) is 24.2 Å². The highest BCUT2D eigenvalue weighted by atomic mass is 16.6. The fourth-order valence-electron chi connectivity index (χ4n) is 2.60. The van der Waals surface area contributed by atoms with Crippen molar-refractivity contribution in [1.82, 2.24) is 10.3 Å². The Morgan fingerprint density at radius 3 is 2.92 bits per heavy atom.